The molecule has 1 spiro atoms. The van der Waals surface area contributed by atoms with E-state index in [2.05, 4.69) is 49.5 Å². The summed E-state index contributed by atoms with van der Waals surface area (Å²) in [6, 6.07) is -6.87. The van der Waals surface area contributed by atoms with E-state index >= 15 is 0 Å². The first-order valence-electron chi connectivity index (χ1n) is 23.6. The molecule has 2 heterocycles. The molecule has 368 valence electrons. The number of nitrogens with one attached hydrogen (secondary N) is 8. The van der Waals surface area contributed by atoms with Gasteiger partial charge in [0.2, 0.25) is 53.2 Å². The minimum atomic E-state index is -2.12. The van der Waals surface area contributed by atoms with Crippen molar-refractivity contribution in [2.45, 2.75) is 192 Å². The molecule has 2 aliphatic heterocycles. The van der Waals surface area contributed by atoms with Crippen molar-refractivity contribution in [2.24, 2.45) is 11.7 Å². The van der Waals surface area contributed by atoms with Crippen LogP contribution in [0, 0.1) is 5.92 Å². The molecule has 1 saturated heterocycles. The summed E-state index contributed by atoms with van der Waals surface area (Å²) in [5.41, 5.74) is 3.24. The Morgan fingerprint density at radius 2 is 1.35 bits per heavy atom. The average molecular weight is 936 g/mol. The summed E-state index contributed by atoms with van der Waals surface area (Å²) >= 11 is 0.915. The van der Waals surface area contributed by atoms with Gasteiger partial charge in [-0.3, -0.25) is 43.2 Å². The standard InChI is InChI=1S/C45H77N9O10S/c1-5-6-7-8-9-10-11-12-13-14-15-16-17-18-19-20-37(57)49-31(4)39(59)51-34-26-45(54-38(58)27-48-40(60)33(25-30(2)3)50-43(34)63)29-65-24-23-47-41(61)35(28-55)52-42(62)32(53-44(45)64)21-22-36(46)56/h23-24,30-35,55H,5-22,25-29H2,1-4H3,(H2,46,56)(H,47,61)(H,48,60)(H,49,57)(H,50,63)(H,51,59)(H,52,62)(H,53,64)(H,54,58)/b24-23-. The summed E-state index contributed by atoms with van der Waals surface area (Å²) in [5.74, 6) is -7.59. The summed E-state index contributed by atoms with van der Waals surface area (Å²) in [6.45, 7) is 5.90. The highest BCUT2D eigenvalue weighted by Crippen LogP contribution is 2.24. The number of rotatable bonds is 25. The van der Waals surface area contributed by atoms with Crippen molar-refractivity contribution in [3.05, 3.63) is 11.6 Å². The molecule has 2 aliphatic rings. The maximum atomic E-state index is 14.6. The predicted molar refractivity (Wildman–Crippen MR) is 248 cm³/mol. The van der Waals surface area contributed by atoms with Crippen LogP contribution in [0.3, 0.4) is 0 Å². The van der Waals surface area contributed by atoms with Crippen LogP contribution in [0.1, 0.15) is 156 Å². The van der Waals surface area contributed by atoms with Gasteiger partial charge in [-0.05, 0) is 37.5 Å². The van der Waals surface area contributed by atoms with Gasteiger partial charge >= 0.3 is 0 Å². The van der Waals surface area contributed by atoms with Gasteiger partial charge in [-0.25, -0.2) is 0 Å². The molecule has 0 saturated carbocycles. The monoisotopic (exact) mass is 936 g/mol. The number of thioether (sulfide) groups is 1. The van der Waals surface area contributed by atoms with Crippen molar-refractivity contribution < 1.29 is 48.3 Å². The molecule has 65 heavy (non-hydrogen) atoms. The third-order valence-corrected chi connectivity index (χ3v) is 12.4. The Balaban J connectivity index is 2.25. The van der Waals surface area contributed by atoms with E-state index in [1.165, 1.54) is 82.7 Å². The number of aliphatic hydroxyl groups is 1. The second kappa shape index (κ2) is 31.2. The Kier molecular flexibility index (Phi) is 27.1. The third-order valence-electron chi connectivity index (χ3n) is 11.4. The third kappa shape index (κ3) is 22.4. The van der Waals surface area contributed by atoms with Gasteiger partial charge in [0.25, 0.3) is 0 Å². The van der Waals surface area contributed by atoms with Crippen molar-refractivity contribution in [1.82, 2.24) is 42.5 Å². The molecular formula is C45H77N9O10S. The molecule has 6 unspecified atom stereocenters. The summed E-state index contributed by atoms with van der Waals surface area (Å²) < 4.78 is 0. The first-order valence-corrected chi connectivity index (χ1v) is 24.6. The van der Waals surface area contributed by atoms with Crippen molar-refractivity contribution in [2.75, 3.05) is 18.9 Å². The van der Waals surface area contributed by atoms with Crippen molar-refractivity contribution in [1.29, 1.82) is 0 Å². The molecule has 0 bridgehead atoms. The molecular weight excluding hydrogens is 859 g/mol. The fourth-order valence-electron chi connectivity index (χ4n) is 7.60. The topological polar surface area (TPSA) is 296 Å². The molecule has 9 amide bonds. The van der Waals surface area contributed by atoms with E-state index in [0.717, 1.165) is 37.4 Å². The van der Waals surface area contributed by atoms with Gasteiger partial charge in [0.05, 0.1) is 13.2 Å². The van der Waals surface area contributed by atoms with Crippen LogP contribution in [-0.2, 0) is 43.2 Å². The fraction of sp³-hybridized carbons (Fsp3) is 0.756. The van der Waals surface area contributed by atoms with Gasteiger partial charge in [0.1, 0.15) is 35.7 Å². The number of carbonyl (C=O) groups is 9. The quantitative estimate of drug-likeness (QED) is 0.0588. The van der Waals surface area contributed by atoms with Gasteiger partial charge in [0, 0.05) is 31.2 Å². The van der Waals surface area contributed by atoms with Crippen molar-refractivity contribution >= 4 is 64.9 Å². The van der Waals surface area contributed by atoms with Crippen LogP contribution >= 0.6 is 11.8 Å². The minimum absolute atomic E-state index is 0.0945. The van der Waals surface area contributed by atoms with E-state index in [0.29, 0.717) is 6.42 Å². The van der Waals surface area contributed by atoms with Crippen LogP contribution in [-0.4, -0.2) is 113 Å². The number of unbranched alkanes of at least 4 members (excludes halogenated alkanes) is 14. The van der Waals surface area contributed by atoms with Crippen LogP contribution in [0.4, 0.5) is 0 Å². The van der Waals surface area contributed by atoms with Crippen molar-refractivity contribution in [3.8, 4) is 0 Å². The second-order valence-corrected chi connectivity index (χ2v) is 18.6. The number of amides is 9. The maximum Gasteiger partial charge on any atom is 0.248 e. The normalized spacial score (nSPS) is 23.4. The highest BCUT2D eigenvalue weighted by atomic mass is 32.2. The van der Waals surface area contributed by atoms with E-state index in [1.54, 1.807) is 0 Å². The molecule has 2 rings (SSSR count). The van der Waals surface area contributed by atoms with Gasteiger partial charge in [-0.1, -0.05) is 111 Å². The van der Waals surface area contributed by atoms with Crippen LogP contribution in [0.5, 0.6) is 0 Å². The van der Waals surface area contributed by atoms with Crippen LogP contribution in [0.15, 0.2) is 11.6 Å². The fourth-order valence-corrected chi connectivity index (χ4v) is 8.47. The zero-order valence-corrected chi connectivity index (χ0v) is 39.8. The predicted octanol–water partition coefficient (Wildman–Crippen LogP) is 1.70. The summed E-state index contributed by atoms with van der Waals surface area (Å²) in [5, 5.41) is 31.6. The van der Waals surface area contributed by atoms with Gasteiger partial charge in [-0.15, -0.1) is 11.8 Å². The Hall–Kier alpha value is -4.72. The lowest BCUT2D eigenvalue weighted by Gasteiger charge is -2.37. The van der Waals surface area contributed by atoms with E-state index in [1.807, 2.05) is 13.8 Å². The largest absolute Gasteiger partial charge is 0.394 e. The summed E-state index contributed by atoms with van der Waals surface area (Å²) in [4.78, 5) is 121. The van der Waals surface area contributed by atoms with Gasteiger partial charge in [-0.2, -0.15) is 0 Å². The highest BCUT2D eigenvalue weighted by molar-refractivity contribution is 8.02. The zero-order chi connectivity index (χ0) is 48.2. The molecule has 20 heteroatoms. The minimum Gasteiger partial charge on any atom is -0.394 e. The molecule has 0 aromatic heterocycles. The molecule has 1 fully saturated rings. The Labute approximate surface area is 388 Å². The van der Waals surface area contributed by atoms with E-state index in [9.17, 15) is 48.3 Å². The molecule has 0 aliphatic carbocycles. The van der Waals surface area contributed by atoms with E-state index in [4.69, 9.17) is 5.73 Å². The smallest absolute Gasteiger partial charge is 0.248 e. The molecule has 11 N–H and O–H groups in total. The lowest BCUT2D eigenvalue weighted by atomic mass is 9.89. The Morgan fingerprint density at radius 1 is 0.769 bits per heavy atom. The van der Waals surface area contributed by atoms with Crippen molar-refractivity contribution in [3.63, 3.8) is 0 Å². The number of hydrogen-bond acceptors (Lipinski definition) is 11. The first kappa shape index (κ1) is 56.4. The van der Waals surface area contributed by atoms with E-state index < -0.39 is 109 Å². The maximum absolute atomic E-state index is 14.6. The zero-order valence-electron chi connectivity index (χ0n) is 39.0. The van der Waals surface area contributed by atoms with Crippen LogP contribution in [0.25, 0.3) is 0 Å². The first-order chi connectivity index (χ1) is 31.0. The molecule has 6 atom stereocenters. The molecule has 19 nitrogen and oxygen atoms in total. The van der Waals surface area contributed by atoms with Gasteiger partial charge in [0.15, 0.2) is 0 Å². The average Bonchev–Trinajstić information content (AvgIpc) is 3.26. The number of primary amides is 1. The number of carbonyl (C=O) groups excluding carboxylic acids is 9. The van der Waals surface area contributed by atoms with Gasteiger partial charge < -0.3 is 53.4 Å². The van der Waals surface area contributed by atoms with Crippen LogP contribution < -0.4 is 48.3 Å². The number of aliphatic hydroxyl groups excluding tert-OH is 1. The second-order valence-electron chi connectivity index (χ2n) is 17.7. The lowest BCUT2D eigenvalue weighted by molar-refractivity contribution is -0.138. The summed E-state index contributed by atoms with van der Waals surface area (Å²) in [7, 11) is 0. The summed E-state index contributed by atoms with van der Waals surface area (Å²) in [6.07, 6.45) is 17.9. The molecule has 0 aromatic rings. The molecule has 0 aromatic carbocycles. The van der Waals surface area contributed by atoms with Crippen LogP contribution in [0.2, 0.25) is 0 Å². The Morgan fingerprint density at radius 3 is 1.92 bits per heavy atom. The number of nitrogens with two attached hydrogens (primary N) is 1. The Bertz CT molecular complexity index is 1620. The van der Waals surface area contributed by atoms with E-state index in [-0.39, 0.29) is 36.8 Å². The lowest BCUT2D eigenvalue weighted by Crippen LogP contribution is -2.67. The SMILES string of the molecule is CCCCCCCCCCCCCCCCCC(=O)NC(C)C(=O)NC1CC2(CS/C=C\NC(=O)C(CO)NC(=O)C(CCC(N)=O)NC2=O)NC(=O)CNC(=O)C(CC(C)C)NC1=O. The highest BCUT2D eigenvalue weighted by Gasteiger charge is 2.46. The number of hydrogen-bond donors (Lipinski definition) is 10. The molecule has 0 radical (unpaired) electrons.